The number of aryl methyl sites for hydroxylation is 1. The van der Waals surface area contributed by atoms with Crippen molar-refractivity contribution in [3.8, 4) is 11.6 Å². The zero-order valence-corrected chi connectivity index (χ0v) is 18.3. The van der Waals surface area contributed by atoms with Gasteiger partial charge in [0.25, 0.3) is 0 Å². The summed E-state index contributed by atoms with van der Waals surface area (Å²) in [7, 11) is 3.77. The Morgan fingerprint density at radius 1 is 1.46 bits per heavy atom. The second-order valence-electron chi connectivity index (χ2n) is 6.81. The quantitative estimate of drug-likeness (QED) is 0.319. The standard InChI is InChI=1S/C18H24N8O.HI/c1-19-18(20-10-16-22-17(24-23-16)15-4-3-7-27-15)26-6-5-13(12-26)8-14-9-21-25(2)11-14;/h3-4,7,9,11,13H,5-6,8,10,12H2,1-2H3,(H,19,20)(H,22,23,24);1H. The van der Waals surface area contributed by atoms with Crippen LogP contribution in [0.1, 0.15) is 17.8 Å². The number of likely N-dealkylation sites (tertiary alicyclic amines) is 1. The van der Waals surface area contributed by atoms with Crippen LogP contribution in [0.15, 0.2) is 40.2 Å². The van der Waals surface area contributed by atoms with Gasteiger partial charge in [0.1, 0.15) is 5.82 Å². The van der Waals surface area contributed by atoms with E-state index in [1.807, 2.05) is 37.1 Å². The predicted molar refractivity (Wildman–Crippen MR) is 116 cm³/mol. The van der Waals surface area contributed by atoms with Gasteiger partial charge in [-0.2, -0.15) is 5.10 Å². The van der Waals surface area contributed by atoms with E-state index in [9.17, 15) is 0 Å². The molecule has 1 unspecified atom stereocenters. The van der Waals surface area contributed by atoms with Gasteiger partial charge in [-0.1, -0.05) is 0 Å². The molecule has 0 bridgehead atoms. The molecule has 1 fully saturated rings. The fourth-order valence-corrected chi connectivity index (χ4v) is 3.49. The molecule has 2 N–H and O–H groups in total. The van der Waals surface area contributed by atoms with Crippen molar-refractivity contribution in [3.63, 3.8) is 0 Å². The van der Waals surface area contributed by atoms with Gasteiger partial charge in [-0.15, -0.1) is 29.1 Å². The van der Waals surface area contributed by atoms with Crippen LogP contribution in [0.3, 0.4) is 0 Å². The van der Waals surface area contributed by atoms with Crippen LogP contribution in [0.5, 0.6) is 0 Å². The van der Waals surface area contributed by atoms with Crippen molar-refractivity contribution in [2.75, 3.05) is 20.1 Å². The van der Waals surface area contributed by atoms with Gasteiger partial charge in [0.05, 0.1) is 19.0 Å². The number of nitrogens with zero attached hydrogens (tertiary/aromatic N) is 6. The fraction of sp³-hybridized carbons (Fsp3) is 0.444. The highest BCUT2D eigenvalue weighted by Gasteiger charge is 2.25. The maximum Gasteiger partial charge on any atom is 0.216 e. The van der Waals surface area contributed by atoms with E-state index >= 15 is 0 Å². The average molecular weight is 496 g/mol. The number of aliphatic imine (C=N–C) groups is 1. The second kappa shape index (κ2) is 9.22. The number of furan rings is 1. The molecule has 3 aromatic rings. The Labute approximate surface area is 180 Å². The zero-order chi connectivity index (χ0) is 18.6. The Bertz CT molecular complexity index is 900. The van der Waals surface area contributed by atoms with Crippen LogP contribution in [0, 0.1) is 5.92 Å². The monoisotopic (exact) mass is 496 g/mol. The third-order valence-electron chi connectivity index (χ3n) is 4.77. The fourth-order valence-electron chi connectivity index (χ4n) is 3.49. The van der Waals surface area contributed by atoms with Crippen molar-refractivity contribution in [2.45, 2.75) is 19.4 Å². The van der Waals surface area contributed by atoms with Gasteiger partial charge in [0.2, 0.25) is 5.82 Å². The summed E-state index contributed by atoms with van der Waals surface area (Å²) in [5.74, 6) is 3.46. The van der Waals surface area contributed by atoms with Crippen LogP contribution in [0.2, 0.25) is 0 Å². The van der Waals surface area contributed by atoms with Crippen LogP contribution < -0.4 is 5.32 Å². The SMILES string of the molecule is CN=C(NCc1nc(-c2ccco2)n[nH]1)N1CCC(Cc2cnn(C)c2)C1.I. The number of hydrogen-bond acceptors (Lipinski definition) is 5. The topological polar surface area (TPSA) is 100 Å². The first-order chi connectivity index (χ1) is 13.2. The van der Waals surface area contributed by atoms with Crippen LogP contribution in [-0.2, 0) is 20.0 Å². The summed E-state index contributed by atoms with van der Waals surface area (Å²) < 4.78 is 7.18. The molecule has 0 aliphatic carbocycles. The van der Waals surface area contributed by atoms with E-state index in [1.165, 1.54) is 5.56 Å². The molecule has 9 nitrogen and oxygen atoms in total. The van der Waals surface area contributed by atoms with Gasteiger partial charge in [-0.25, -0.2) is 4.98 Å². The highest BCUT2D eigenvalue weighted by molar-refractivity contribution is 14.0. The lowest BCUT2D eigenvalue weighted by molar-refractivity contribution is 0.459. The molecule has 1 aliphatic rings. The highest BCUT2D eigenvalue weighted by atomic mass is 127. The molecule has 3 aromatic heterocycles. The summed E-state index contributed by atoms with van der Waals surface area (Å²) in [6.07, 6.45) is 7.86. The Morgan fingerprint density at radius 3 is 3.07 bits per heavy atom. The Morgan fingerprint density at radius 2 is 2.36 bits per heavy atom. The molecular formula is C18H25IN8O. The number of aromatic amines is 1. The van der Waals surface area contributed by atoms with Gasteiger partial charge in [-0.05, 0) is 36.5 Å². The third-order valence-corrected chi connectivity index (χ3v) is 4.77. The summed E-state index contributed by atoms with van der Waals surface area (Å²) >= 11 is 0. The first kappa shape index (κ1) is 20.4. The number of rotatable bonds is 5. The molecule has 4 rings (SSSR count). The van der Waals surface area contributed by atoms with Gasteiger partial charge in [0, 0.05) is 33.4 Å². The minimum atomic E-state index is 0. The van der Waals surface area contributed by atoms with Crippen LogP contribution in [0.4, 0.5) is 0 Å². The summed E-state index contributed by atoms with van der Waals surface area (Å²) in [5.41, 5.74) is 1.29. The molecule has 0 saturated carbocycles. The summed E-state index contributed by atoms with van der Waals surface area (Å²) in [6, 6.07) is 3.66. The smallest absolute Gasteiger partial charge is 0.216 e. The number of nitrogens with one attached hydrogen (secondary N) is 2. The second-order valence-corrected chi connectivity index (χ2v) is 6.81. The maximum atomic E-state index is 5.32. The molecule has 150 valence electrons. The first-order valence-electron chi connectivity index (χ1n) is 9.09. The number of halogens is 1. The molecule has 4 heterocycles. The molecular weight excluding hydrogens is 471 g/mol. The van der Waals surface area contributed by atoms with Crippen molar-refractivity contribution in [1.82, 2.24) is 35.2 Å². The highest BCUT2D eigenvalue weighted by Crippen LogP contribution is 2.21. The lowest BCUT2D eigenvalue weighted by Crippen LogP contribution is -2.39. The summed E-state index contributed by atoms with van der Waals surface area (Å²) in [4.78, 5) is 11.2. The van der Waals surface area contributed by atoms with E-state index in [2.05, 4.69) is 41.7 Å². The van der Waals surface area contributed by atoms with E-state index in [4.69, 9.17) is 4.42 Å². The van der Waals surface area contributed by atoms with Crippen LogP contribution in [0.25, 0.3) is 11.6 Å². The summed E-state index contributed by atoms with van der Waals surface area (Å²) in [5, 5.41) is 14.8. The largest absolute Gasteiger partial charge is 0.461 e. The maximum absolute atomic E-state index is 5.32. The number of aromatic nitrogens is 5. The van der Waals surface area contributed by atoms with Crippen molar-refractivity contribution >= 4 is 29.9 Å². The van der Waals surface area contributed by atoms with Gasteiger partial charge in [-0.3, -0.25) is 14.8 Å². The molecule has 0 spiro atoms. The Balaban J connectivity index is 0.00000225. The van der Waals surface area contributed by atoms with Crippen molar-refractivity contribution in [2.24, 2.45) is 18.0 Å². The van der Waals surface area contributed by atoms with Crippen molar-refractivity contribution < 1.29 is 4.42 Å². The molecule has 0 amide bonds. The molecule has 10 heteroatoms. The van der Waals surface area contributed by atoms with Gasteiger partial charge in [0.15, 0.2) is 11.7 Å². The van der Waals surface area contributed by atoms with Gasteiger partial charge < -0.3 is 14.6 Å². The molecule has 28 heavy (non-hydrogen) atoms. The van der Waals surface area contributed by atoms with Gasteiger partial charge >= 0.3 is 0 Å². The minimum absolute atomic E-state index is 0. The third kappa shape index (κ3) is 4.72. The lowest BCUT2D eigenvalue weighted by Gasteiger charge is -2.21. The Hall–Kier alpha value is -2.37. The first-order valence-corrected chi connectivity index (χ1v) is 9.09. The number of H-pyrrole nitrogens is 1. The van der Waals surface area contributed by atoms with E-state index in [0.29, 0.717) is 24.0 Å². The van der Waals surface area contributed by atoms with E-state index < -0.39 is 0 Å². The van der Waals surface area contributed by atoms with E-state index in [-0.39, 0.29) is 24.0 Å². The molecule has 1 aliphatic heterocycles. The van der Waals surface area contributed by atoms with E-state index in [0.717, 1.165) is 37.7 Å². The van der Waals surface area contributed by atoms with Crippen molar-refractivity contribution in [3.05, 3.63) is 42.2 Å². The average Bonchev–Trinajstić information content (AvgIpc) is 3.43. The van der Waals surface area contributed by atoms with Crippen molar-refractivity contribution in [1.29, 1.82) is 0 Å². The molecule has 1 saturated heterocycles. The molecule has 1 atom stereocenters. The number of hydrogen-bond donors (Lipinski definition) is 2. The number of guanidine groups is 1. The Kier molecular flexibility index (Phi) is 6.70. The lowest BCUT2D eigenvalue weighted by atomic mass is 10.0. The molecule has 0 aromatic carbocycles. The van der Waals surface area contributed by atoms with E-state index in [1.54, 1.807) is 6.26 Å². The molecule has 0 radical (unpaired) electrons. The predicted octanol–water partition coefficient (Wildman–Crippen LogP) is 2.06. The normalized spacial score (nSPS) is 17.0. The van der Waals surface area contributed by atoms with Crippen LogP contribution in [-0.4, -0.2) is 56.0 Å². The zero-order valence-electron chi connectivity index (χ0n) is 16.0. The summed E-state index contributed by atoms with van der Waals surface area (Å²) in [6.45, 7) is 2.52. The minimum Gasteiger partial charge on any atom is -0.461 e. The van der Waals surface area contributed by atoms with Crippen LogP contribution >= 0.6 is 24.0 Å².